The molecule has 0 radical (unpaired) electrons. The molecule has 1 N–H and O–H groups in total. The molecule has 130 valence electrons. The second-order valence-electron chi connectivity index (χ2n) is 6.30. The Morgan fingerprint density at radius 2 is 2.12 bits per heavy atom. The third-order valence-corrected chi connectivity index (χ3v) is 4.38. The predicted octanol–water partition coefficient (Wildman–Crippen LogP) is 0.916. The molecule has 0 atom stereocenters. The van der Waals surface area contributed by atoms with Gasteiger partial charge >= 0.3 is 0 Å². The van der Waals surface area contributed by atoms with Gasteiger partial charge in [0.05, 0.1) is 17.4 Å². The van der Waals surface area contributed by atoms with Crippen LogP contribution >= 0.6 is 0 Å². The summed E-state index contributed by atoms with van der Waals surface area (Å²) in [5.74, 6) is 0.487. The lowest BCUT2D eigenvalue weighted by Gasteiger charge is -2.38. The number of aromatic nitrogens is 2. The highest BCUT2D eigenvalue weighted by Crippen LogP contribution is 2.20. The van der Waals surface area contributed by atoms with Crippen LogP contribution in [-0.2, 0) is 16.1 Å². The molecule has 1 aliphatic heterocycles. The fourth-order valence-corrected chi connectivity index (χ4v) is 2.93. The van der Waals surface area contributed by atoms with E-state index in [1.54, 1.807) is 35.0 Å². The molecule has 0 spiro atoms. The molecule has 1 fully saturated rings. The largest absolute Gasteiger partial charge is 0.338 e. The molecule has 1 aliphatic rings. The average molecular weight is 340 g/mol. The molecule has 0 unspecified atom stereocenters. The number of aromatic amines is 1. The minimum atomic E-state index is -0.209. The molecule has 2 heterocycles. The van der Waals surface area contributed by atoms with Crippen molar-refractivity contribution < 1.29 is 9.59 Å². The van der Waals surface area contributed by atoms with Crippen molar-refractivity contribution >= 4 is 22.7 Å². The number of hydrogen-bond donors (Lipinski definition) is 1. The number of fused-ring (bicyclic) bond motifs is 1. The zero-order valence-electron chi connectivity index (χ0n) is 14.1. The van der Waals surface area contributed by atoms with Crippen LogP contribution in [0.2, 0.25) is 0 Å². The third kappa shape index (κ3) is 3.60. The van der Waals surface area contributed by atoms with E-state index in [9.17, 15) is 14.4 Å². The molecule has 0 saturated carbocycles. The van der Waals surface area contributed by atoms with Crippen LogP contribution in [0.25, 0.3) is 10.9 Å². The van der Waals surface area contributed by atoms with Gasteiger partial charge in [-0.1, -0.05) is 18.7 Å². The topological polar surface area (TPSA) is 86.4 Å². The Balaban J connectivity index is 1.60. The average Bonchev–Trinajstić information content (AvgIpc) is 2.56. The maximum absolute atomic E-state index is 12.3. The Bertz CT molecular complexity index is 883. The Morgan fingerprint density at radius 1 is 1.40 bits per heavy atom. The van der Waals surface area contributed by atoms with Crippen LogP contribution in [0.1, 0.15) is 12.2 Å². The summed E-state index contributed by atoms with van der Waals surface area (Å²) >= 11 is 0. The number of amides is 2. The van der Waals surface area contributed by atoms with Crippen molar-refractivity contribution in [1.29, 1.82) is 0 Å². The number of rotatable bonds is 5. The number of hydrogen-bond acceptors (Lipinski definition) is 4. The Hall–Kier alpha value is -2.96. The number of carbonyl (C=O) groups is 2. The molecule has 7 nitrogen and oxygen atoms in total. The number of carbonyl (C=O) groups excluding carboxylic acids is 2. The lowest BCUT2D eigenvalue weighted by molar-refractivity contribution is -0.138. The highest BCUT2D eigenvalue weighted by atomic mass is 16.2. The van der Waals surface area contributed by atoms with Crippen molar-refractivity contribution in [2.75, 3.05) is 20.1 Å². The van der Waals surface area contributed by atoms with Gasteiger partial charge in [-0.15, -0.1) is 0 Å². The summed E-state index contributed by atoms with van der Waals surface area (Å²) in [6.07, 6.45) is 1.65. The van der Waals surface area contributed by atoms with Crippen LogP contribution in [0.4, 0.5) is 0 Å². The molecule has 1 saturated heterocycles. The molecule has 1 aromatic carbocycles. The standard InChI is InChI=1S/C18H20N4O3/c1-3-16(23)22-9-12(10-22)8-17(24)21(2)11-15-19-14-7-5-4-6-13(14)18(25)20-15/h3-7,12H,1,8-11H2,2H3,(H,19,20,25). The minimum Gasteiger partial charge on any atom is -0.338 e. The third-order valence-electron chi connectivity index (χ3n) is 4.38. The Morgan fingerprint density at radius 3 is 2.84 bits per heavy atom. The number of para-hydroxylation sites is 1. The summed E-state index contributed by atoms with van der Waals surface area (Å²) < 4.78 is 0. The summed E-state index contributed by atoms with van der Waals surface area (Å²) in [6.45, 7) is 4.85. The second kappa shape index (κ2) is 6.88. The number of nitrogens with one attached hydrogen (secondary N) is 1. The number of likely N-dealkylation sites (tertiary alicyclic amines) is 1. The predicted molar refractivity (Wildman–Crippen MR) is 93.7 cm³/mol. The van der Waals surface area contributed by atoms with Gasteiger partial charge in [0.25, 0.3) is 5.56 Å². The van der Waals surface area contributed by atoms with E-state index in [-0.39, 0.29) is 29.8 Å². The Kier molecular flexibility index (Phi) is 4.65. The van der Waals surface area contributed by atoms with Gasteiger partial charge < -0.3 is 14.8 Å². The molecule has 0 bridgehead atoms. The number of benzene rings is 1. The fourth-order valence-electron chi connectivity index (χ4n) is 2.93. The molecule has 2 aromatic rings. The zero-order valence-corrected chi connectivity index (χ0v) is 14.1. The van der Waals surface area contributed by atoms with Crippen molar-refractivity contribution in [3.8, 4) is 0 Å². The normalized spacial score (nSPS) is 14.2. The maximum atomic E-state index is 12.3. The van der Waals surface area contributed by atoms with Crippen LogP contribution < -0.4 is 5.56 Å². The van der Waals surface area contributed by atoms with Gasteiger partial charge in [0, 0.05) is 32.5 Å². The van der Waals surface area contributed by atoms with Gasteiger partial charge in [-0.05, 0) is 18.2 Å². The van der Waals surface area contributed by atoms with Gasteiger partial charge in [-0.2, -0.15) is 0 Å². The molecular formula is C18H20N4O3. The number of nitrogens with zero attached hydrogens (tertiary/aromatic N) is 3. The van der Waals surface area contributed by atoms with E-state index < -0.39 is 0 Å². The summed E-state index contributed by atoms with van der Waals surface area (Å²) in [5, 5.41) is 0.529. The van der Waals surface area contributed by atoms with Gasteiger partial charge in [0.1, 0.15) is 5.82 Å². The van der Waals surface area contributed by atoms with E-state index in [4.69, 9.17) is 0 Å². The lowest BCUT2D eigenvalue weighted by atomic mass is 9.95. The van der Waals surface area contributed by atoms with Crippen molar-refractivity contribution in [2.45, 2.75) is 13.0 Å². The van der Waals surface area contributed by atoms with E-state index >= 15 is 0 Å². The molecule has 0 aliphatic carbocycles. The van der Waals surface area contributed by atoms with Crippen molar-refractivity contribution in [1.82, 2.24) is 19.8 Å². The molecule has 2 amide bonds. The van der Waals surface area contributed by atoms with Gasteiger partial charge in [0.2, 0.25) is 11.8 Å². The molecule has 25 heavy (non-hydrogen) atoms. The highest BCUT2D eigenvalue weighted by molar-refractivity contribution is 5.88. The van der Waals surface area contributed by atoms with E-state index in [0.29, 0.717) is 36.2 Å². The fraction of sp³-hybridized carbons (Fsp3) is 0.333. The van der Waals surface area contributed by atoms with Crippen LogP contribution in [0.15, 0.2) is 41.7 Å². The second-order valence-corrected chi connectivity index (χ2v) is 6.30. The van der Waals surface area contributed by atoms with E-state index in [0.717, 1.165) is 0 Å². The van der Waals surface area contributed by atoms with Gasteiger partial charge in [0.15, 0.2) is 0 Å². The first-order valence-electron chi connectivity index (χ1n) is 8.11. The molecule has 7 heteroatoms. The van der Waals surface area contributed by atoms with Crippen LogP contribution in [0.5, 0.6) is 0 Å². The van der Waals surface area contributed by atoms with E-state index in [1.165, 1.54) is 6.08 Å². The van der Waals surface area contributed by atoms with Gasteiger partial charge in [-0.3, -0.25) is 14.4 Å². The summed E-state index contributed by atoms with van der Waals surface area (Å²) in [4.78, 5) is 46.1. The number of H-pyrrole nitrogens is 1. The zero-order chi connectivity index (χ0) is 18.0. The van der Waals surface area contributed by atoms with Crippen LogP contribution in [-0.4, -0.2) is 51.7 Å². The van der Waals surface area contributed by atoms with E-state index in [2.05, 4.69) is 16.5 Å². The van der Waals surface area contributed by atoms with Crippen molar-refractivity contribution in [2.24, 2.45) is 5.92 Å². The minimum absolute atomic E-state index is 0.0356. The first-order valence-corrected chi connectivity index (χ1v) is 8.11. The monoisotopic (exact) mass is 340 g/mol. The van der Waals surface area contributed by atoms with Crippen molar-refractivity contribution in [3.63, 3.8) is 0 Å². The van der Waals surface area contributed by atoms with Crippen LogP contribution in [0, 0.1) is 5.92 Å². The molecular weight excluding hydrogens is 320 g/mol. The first-order chi connectivity index (χ1) is 12.0. The quantitative estimate of drug-likeness (QED) is 0.820. The maximum Gasteiger partial charge on any atom is 0.258 e. The summed E-state index contributed by atoms with van der Waals surface area (Å²) in [5.41, 5.74) is 0.402. The summed E-state index contributed by atoms with van der Waals surface area (Å²) in [6, 6.07) is 7.09. The lowest BCUT2D eigenvalue weighted by Crippen LogP contribution is -2.50. The smallest absolute Gasteiger partial charge is 0.258 e. The first kappa shape index (κ1) is 16.9. The molecule has 1 aromatic heterocycles. The Labute approximate surface area is 145 Å². The van der Waals surface area contributed by atoms with E-state index in [1.807, 2.05) is 6.07 Å². The van der Waals surface area contributed by atoms with Gasteiger partial charge in [-0.25, -0.2) is 4.98 Å². The van der Waals surface area contributed by atoms with Crippen LogP contribution in [0.3, 0.4) is 0 Å². The highest BCUT2D eigenvalue weighted by Gasteiger charge is 2.31. The summed E-state index contributed by atoms with van der Waals surface area (Å²) in [7, 11) is 1.68. The van der Waals surface area contributed by atoms with Crippen molar-refractivity contribution in [3.05, 3.63) is 53.1 Å². The molecule has 3 rings (SSSR count). The SMILES string of the molecule is C=CC(=O)N1CC(CC(=O)N(C)Cc2nc3ccccc3c(=O)[nH]2)C1.